The van der Waals surface area contributed by atoms with Gasteiger partial charge in [0.2, 0.25) is 0 Å². The van der Waals surface area contributed by atoms with Gasteiger partial charge in [0.1, 0.15) is 29.7 Å². The number of likely N-dealkylation sites (tertiary alicyclic amines) is 1. The van der Waals surface area contributed by atoms with E-state index in [1.54, 1.807) is 18.2 Å². The van der Waals surface area contributed by atoms with E-state index in [-0.39, 0.29) is 40.4 Å². The minimum Gasteiger partial charge on any atom is -0.490 e. The largest absolute Gasteiger partial charge is 0.490 e. The molecule has 2 saturated heterocycles. The first-order valence-corrected chi connectivity index (χ1v) is 18.0. The van der Waals surface area contributed by atoms with Gasteiger partial charge in [0, 0.05) is 88.3 Å². The molecule has 5 heterocycles. The Morgan fingerprint density at radius 1 is 1.06 bits per heavy atom. The molecule has 1 aromatic carbocycles. The number of amides is 1. The van der Waals surface area contributed by atoms with Crippen LogP contribution in [0.2, 0.25) is 0 Å². The number of pyridine rings is 1. The summed E-state index contributed by atoms with van der Waals surface area (Å²) in [5.74, 6) is 1.59. The maximum absolute atomic E-state index is 14.3. The van der Waals surface area contributed by atoms with Crippen LogP contribution in [0.4, 0.5) is 10.2 Å². The molecule has 7 rings (SSSR count). The van der Waals surface area contributed by atoms with E-state index in [1.165, 1.54) is 30.1 Å². The van der Waals surface area contributed by atoms with Crippen molar-refractivity contribution in [3.63, 3.8) is 0 Å². The number of hydrogen-bond acceptors (Lipinski definition) is 10. The average Bonchev–Trinajstić information content (AvgIpc) is 3.05. The molecule has 1 aliphatic carbocycles. The van der Waals surface area contributed by atoms with Gasteiger partial charge in [-0.2, -0.15) is 0 Å². The lowest BCUT2D eigenvalue weighted by molar-refractivity contribution is -0.111. The van der Waals surface area contributed by atoms with Crippen LogP contribution in [0.15, 0.2) is 43.0 Å². The Balaban J connectivity index is 0.936. The molecule has 3 aliphatic heterocycles. The van der Waals surface area contributed by atoms with Gasteiger partial charge < -0.3 is 24.0 Å². The fourth-order valence-electron chi connectivity index (χ4n) is 8.21. The summed E-state index contributed by atoms with van der Waals surface area (Å²) >= 11 is 0. The topological polar surface area (TPSA) is 96.4 Å². The summed E-state index contributed by atoms with van der Waals surface area (Å²) in [5.41, 5.74) is 2.77. The molecule has 50 heavy (non-hydrogen) atoms. The van der Waals surface area contributed by atoms with Gasteiger partial charge in [-0.15, -0.1) is 0 Å². The molecule has 1 amide bonds. The van der Waals surface area contributed by atoms with Crippen molar-refractivity contribution in [3.05, 3.63) is 65.6 Å². The summed E-state index contributed by atoms with van der Waals surface area (Å²) in [6.45, 7) is 16.2. The Labute approximate surface area is 294 Å². The predicted molar refractivity (Wildman–Crippen MR) is 188 cm³/mol. The number of methoxy groups -OCH3 is 1. The van der Waals surface area contributed by atoms with Gasteiger partial charge in [-0.1, -0.05) is 0 Å². The molecule has 12 heteroatoms. The summed E-state index contributed by atoms with van der Waals surface area (Å²) in [5, 5.41) is 0. The van der Waals surface area contributed by atoms with Crippen molar-refractivity contribution in [1.82, 2.24) is 29.7 Å². The summed E-state index contributed by atoms with van der Waals surface area (Å²) < 4.78 is 32.8. The minimum atomic E-state index is -0.491. The normalized spacial score (nSPS) is 19.8. The van der Waals surface area contributed by atoms with E-state index in [1.807, 2.05) is 33.0 Å². The van der Waals surface area contributed by atoms with Crippen LogP contribution in [0.1, 0.15) is 68.6 Å². The maximum atomic E-state index is 14.3. The molecule has 0 bridgehead atoms. The fraction of sp³-hybridized carbons (Fsp3) is 0.579. The van der Waals surface area contributed by atoms with E-state index in [0.29, 0.717) is 18.1 Å². The van der Waals surface area contributed by atoms with Crippen LogP contribution in [0.5, 0.6) is 17.2 Å². The zero-order valence-corrected chi connectivity index (χ0v) is 30.0. The lowest BCUT2D eigenvalue weighted by Gasteiger charge is -2.59. The van der Waals surface area contributed by atoms with Crippen molar-refractivity contribution < 1.29 is 23.4 Å². The number of ether oxygens (including phenoxy) is 3. The van der Waals surface area contributed by atoms with Gasteiger partial charge in [-0.05, 0) is 84.3 Å². The van der Waals surface area contributed by atoms with Gasteiger partial charge in [-0.3, -0.25) is 19.6 Å². The lowest BCUT2D eigenvalue weighted by atomic mass is 9.61. The number of rotatable bonds is 13. The van der Waals surface area contributed by atoms with Crippen LogP contribution in [0, 0.1) is 11.2 Å². The average molecular weight is 688 g/mol. The van der Waals surface area contributed by atoms with Gasteiger partial charge in [0.05, 0.1) is 17.4 Å². The van der Waals surface area contributed by atoms with Crippen LogP contribution in [-0.2, 0) is 17.7 Å². The van der Waals surface area contributed by atoms with Crippen LogP contribution in [-0.4, -0.2) is 113 Å². The first-order valence-electron chi connectivity index (χ1n) is 18.0. The second-order valence-electron chi connectivity index (χ2n) is 15.1. The molecule has 3 fully saturated rings. The van der Waals surface area contributed by atoms with Crippen LogP contribution in [0.25, 0.3) is 0 Å². The Bertz CT molecular complexity index is 1690. The van der Waals surface area contributed by atoms with Gasteiger partial charge >= 0.3 is 0 Å². The van der Waals surface area contributed by atoms with Gasteiger partial charge in [0.15, 0.2) is 11.6 Å². The van der Waals surface area contributed by atoms with E-state index in [9.17, 15) is 9.18 Å². The molecule has 0 atom stereocenters. The van der Waals surface area contributed by atoms with E-state index in [4.69, 9.17) is 19.2 Å². The number of anilines is 1. The Morgan fingerprint density at radius 3 is 2.58 bits per heavy atom. The zero-order chi connectivity index (χ0) is 35.0. The number of hydrogen-bond donors (Lipinski definition) is 0. The number of halogens is 1. The highest BCUT2D eigenvalue weighted by molar-refractivity contribution is 5.97. The van der Waals surface area contributed by atoms with Crippen molar-refractivity contribution in [2.75, 3.05) is 64.4 Å². The Hall–Kier alpha value is -3.87. The monoisotopic (exact) mass is 687 g/mol. The van der Waals surface area contributed by atoms with Crippen LogP contribution >= 0.6 is 0 Å². The first kappa shape index (κ1) is 34.6. The second-order valence-corrected chi connectivity index (χ2v) is 15.1. The standard InChI is InChI=1S/C38H50FN7O4/c1-6-46(26(2)3)36(47)29-16-27(39)8-9-32(29)50-34-19-40-25-42-35(34)45-23-38(24-45)17-28(18-38)49-33-10-12-41-31-11-15-43(20-30(31)33)13-7-14-44-21-37(4,22-44)48-5/h8-10,12,16,19,25-26,28H,6-7,11,13-15,17-18,20-24H2,1-5H3. The van der Waals surface area contributed by atoms with E-state index >= 15 is 0 Å². The first-order chi connectivity index (χ1) is 24.1. The second kappa shape index (κ2) is 14.0. The highest BCUT2D eigenvalue weighted by atomic mass is 19.1. The van der Waals surface area contributed by atoms with Crippen molar-refractivity contribution in [2.24, 2.45) is 5.41 Å². The molecule has 2 aromatic heterocycles. The van der Waals surface area contributed by atoms with E-state index in [2.05, 4.69) is 31.6 Å². The van der Waals surface area contributed by atoms with Crippen LogP contribution in [0.3, 0.4) is 0 Å². The lowest BCUT2D eigenvalue weighted by Crippen LogP contribution is -2.65. The maximum Gasteiger partial charge on any atom is 0.257 e. The molecule has 0 unspecified atom stereocenters. The Morgan fingerprint density at radius 2 is 1.84 bits per heavy atom. The molecule has 0 N–H and O–H groups in total. The zero-order valence-electron chi connectivity index (χ0n) is 30.0. The molecular weight excluding hydrogens is 637 g/mol. The third-order valence-corrected chi connectivity index (χ3v) is 10.9. The fourth-order valence-corrected chi connectivity index (χ4v) is 8.21. The van der Waals surface area contributed by atoms with Gasteiger partial charge in [-0.25, -0.2) is 14.4 Å². The molecule has 11 nitrogen and oxygen atoms in total. The minimum absolute atomic E-state index is 0.0234. The summed E-state index contributed by atoms with van der Waals surface area (Å²) in [4.78, 5) is 35.7. The molecule has 4 aliphatic rings. The summed E-state index contributed by atoms with van der Waals surface area (Å²) in [6.07, 6.45) is 9.21. The third-order valence-electron chi connectivity index (χ3n) is 10.9. The molecule has 1 saturated carbocycles. The number of nitrogens with zero attached hydrogens (tertiary/aromatic N) is 7. The highest BCUT2D eigenvalue weighted by Gasteiger charge is 2.54. The van der Waals surface area contributed by atoms with Crippen LogP contribution < -0.4 is 14.4 Å². The summed E-state index contributed by atoms with van der Waals surface area (Å²) in [6, 6.07) is 6.04. The van der Waals surface area contributed by atoms with Crippen molar-refractivity contribution in [1.29, 1.82) is 0 Å². The number of aromatic nitrogens is 3. The Kier molecular flexibility index (Phi) is 9.71. The van der Waals surface area contributed by atoms with Crippen molar-refractivity contribution in [2.45, 2.75) is 77.7 Å². The van der Waals surface area contributed by atoms with E-state index < -0.39 is 5.82 Å². The number of carbonyl (C=O) groups is 1. The smallest absolute Gasteiger partial charge is 0.257 e. The molecule has 1 spiro atoms. The SMILES string of the molecule is CCN(C(=O)c1cc(F)ccc1Oc1cncnc1N1CC2(CC(Oc3ccnc4c3CN(CCCN3CC(C)(OC)C3)CC4)C2)C1)C(C)C. The molecule has 268 valence electrons. The molecule has 3 aromatic rings. The number of benzene rings is 1. The number of carbonyl (C=O) groups excluding carboxylic acids is 1. The molecular formula is C38H50FN7O4. The third kappa shape index (κ3) is 7.02. The highest BCUT2D eigenvalue weighted by Crippen LogP contribution is 2.52. The predicted octanol–water partition coefficient (Wildman–Crippen LogP) is 5.19. The number of fused-ring (bicyclic) bond motifs is 1. The quantitative estimate of drug-likeness (QED) is 0.239. The van der Waals surface area contributed by atoms with Crippen molar-refractivity contribution in [3.8, 4) is 17.2 Å². The molecule has 0 radical (unpaired) electrons. The van der Waals surface area contributed by atoms with Crippen molar-refractivity contribution >= 4 is 11.7 Å². The van der Waals surface area contributed by atoms with E-state index in [0.717, 1.165) is 89.5 Å². The summed E-state index contributed by atoms with van der Waals surface area (Å²) in [7, 11) is 1.80. The van der Waals surface area contributed by atoms with Gasteiger partial charge in [0.25, 0.3) is 5.91 Å².